The van der Waals surface area contributed by atoms with Crippen LogP contribution in [0.25, 0.3) is 11.1 Å². The number of nitrogens with two attached hydrogens (primary N) is 4. The first-order valence-corrected chi connectivity index (χ1v) is 10.1. The number of hydrogen-bond acceptors (Lipinski definition) is 5. The van der Waals surface area contributed by atoms with Crippen molar-refractivity contribution in [2.75, 3.05) is 22.9 Å². The molecule has 0 fully saturated rings. The number of nitrogen functional groups attached to an aromatic ring is 4. The molecule has 4 aromatic carbocycles. The zero-order chi connectivity index (χ0) is 22.6. The van der Waals surface area contributed by atoms with Crippen molar-refractivity contribution in [3.05, 3.63) is 107 Å². The van der Waals surface area contributed by atoms with Crippen LogP contribution in [0, 0.1) is 0 Å². The lowest BCUT2D eigenvalue weighted by atomic mass is 9.67. The number of hydrogen-bond donors (Lipinski definition) is 5. The van der Waals surface area contributed by atoms with Crippen molar-refractivity contribution >= 4 is 28.7 Å². The Labute approximate surface area is 185 Å². The molecule has 0 radical (unpaired) electrons. The van der Waals surface area contributed by atoms with E-state index in [4.69, 9.17) is 22.9 Å². The van der Waals surface area contributed by atoms with Crippen LogP contribution in [0.1, 0.15) is 32.6 Å². The first-order chi connectivity index (χ1) is 15.3. The quantitative estimate of drug-likeness (QED) is 0.277. The zero-order valence-electron chi connectivity index (χ0n) is 17.2. The molecule has 0 saturated heterocycles. The van der Waals surface area contributed by atoms with E-state index in [0.717, 1.165) is 27.8 Å². The summed E-state index contributed by atoms with van der Waals surface area (Å²) in [5.74, 6) is -1.04. The van der Waals surface area contributed by atoms with Gasteiger partial charge in [-0.2, -0.15) is 0 Å². The molecule has 0 aromatic heterocycles. The van der Waals surface area contributed by atoms with Crippen LogP contribution in [-0.2, 0) is 5.41 Å². The van der Waals surface area contributed by atoms with Crippen LogP contribution in [0.4, 0.5) is 22.7 Å². The molecule has 32 heavy (non-hydrogen) atoms. The number of carbonyl (C=O) groups is 1. The second-order valence-corrected chi connectivity index (χ2v) is 8.10. The molecule has 0 amide bonds. The second-order valence-electron chi connectivity index (χ2n) is 8.10. The predicted molar refractivity (Wildman–Crippen MR) is 128 cm³/mol. The average molecular weight is 422 g/mol. The molecule has 0 spiro atoms. The van der Waals surface area contributed by atoms with E-state index in [1.54, 1.807) is 6.07 Å². The molecule has 0 saturated carbocycles. The minimum absolute atomic E-state index is 0.152. The Bertz CT molecular complexity index is 1330. The van der Waals surface area contributed by atoms with Gasteiger partial charge in [0.25, 0.3) is 0 Å². The third-order valence-electron chi connectivity index (χ3n) is 6.20. The Morgan fingerprint density at radius 2 is 1.12 bits per heavy atom. The van der Waals surface area contributed by atoms with Gasteiger partial charge in [0.05, 0.1) is 11.0 Å². The molecule has 0 unspecified atom stereocenters. The zero-order valence-corrected chi connectivity index (χ0v) is 17.2. The molecular weight excluding hydrogens is 400 g/mol. The van der Waals surface area contributed by atoms with Gasteiger partial charge in [-0.15, -0.1) is 0 Å². The maximum absolute atomic E-state index is 12.2. The molecule has 0 heterocycles. The van der Waals surface area contributed by atoms with Crippen LogP contribution in [0.15, 0.2) is 78.9 Å². The van der Waals surface area contributed by atoms with Gasteiger partial charge in [0.1, 0.15) is 0 Å². The molecule has 158 valence electrons. The fourth-order valence-electron chi connectivity index (χ4n) is 4.91. The number of carboxylic acids is 1. The second kappa shape index (κ2) is 6.78. The number of fused-ring (bicyclic) bond motifs is 3. The van der Waals surface area contributed by atoms with Gasteiger partial charge in [-0.3, -0.25) is 0 Å². The molecule has 1 aliphatic rings. The average Bonchev–Trinajstić information content (AvgIpc) is 3.04. The van der Waals surface area contributed by atoms with Gasteiger partial charge in [0, 0.05) is 28.3 Å². The van der Waals surface area contributed by atoms with E-state index < -0.39 is 11.4 Å². The summed E-state index contributed by atoms with van der Waals surface area (Å²) in [6, 6.07) is 24.1. The molecule has 4 aromatic rings. The van der Waals surface area contributed by atoms with Crippen molar-refractivity contribution in [2.24, 2.45) is 0 Å². The summed E-state index contributed by atoms with van der Waals surface area (Å²) in [6.07, 6.45) is 0. The Balaban J connectivity index is 2.02. The van der Waals surface area contributed by atoms with Gasteiger partial charge in [-0.1, -0.05) is 30.3 Å². The van der Waals surface area contributed by atoms with E-state index >= 15 is 0 Å². The highest BCUT2D eigenvalue weighted by Gasteiger charge is 2.47. The number of rotatable bonds is 3. The van der Waals surface area contributed by atoms with Crippen molar-refractivity contribution in [1.29, 1.82) is 0 Å². The van der Waals surface area contributed by atoms with E-state index in [9.17, 15) is 9.90 Å². The summed E-state index contributed by atoms with van der Waals surface area (Å²) >= 11 is 0. The van der Waals surface area contributed by atoms with E-state index in [2.05, 4.69) is 0 Å². The lowest BCUT2D eigenvalue weighted by molar-refractivity contribution is 0.0697. The Morgan fingerprint density at radius 1 is 0.625 bits per heavy atom. The van der Waals surface area contributed by atoms with Crippen molar-refractivity contribution < 1.29 is 9.90 Å². The minimum Gasteiger partial charge on any atom is -0.478 e. The molecule has 6 nitrogen and oxygen atoms in total. The van der Waals surface area contributed by atoms with Crippen LogP contribution in [0.2, 0.25) is 0 Å². The highest BCUT2D eigenvalue weighted by atomic mass is 16.4. The van der Waals surface area contributed by atoms with Gasteiger partial charge in [0.2, 0.25) is 0 Å². The summed E-state index contributed by atoms with van der Waals surface area (Å²) in [5.41, 5.74) is 30.9. The topological polar surface area (TPSA) is 141 Å². The molecule has 0 aliphatic heterocycles. The molecule has 6 heteroatoms. The maximum Gasteiger partial charge on any atom is 0.336 e. The van der Waals surface area contributed by atoms with Crippen LogP contribution >= 0.6 is 0 Å². The van der Waals surface area contributed by atoms with Gasteiger partial charge in [-0.05, 0) is 76.3 Å². The van der Waals surface area contributed by atoms with Gasteiger partial charge in [0.15, 0.2) is 0 Å². The third-order valence-corrected chi connectivity index (χ3v) is 6.20. The van der Waals surface area contributed by atoms with Crippen molar-refractivity contribution in [3.8, 4) is 11.1 Å². The van der Waals surface area contributed by atoms with Gasteiger partial charge in [-0.25, -0.2) is 4.79 Å². The van der Waals surface area contributed by atoms with Crippen molar-refractivity contribution in [2.45, 2.75) is 5.41 Å². The largest absolute Gasteiger partial charge is 0.478 e. The SMILES string of the molecule is Nc1ccc(C2(c3ccc(N)cc3)c3cc(N)ccc3-c3c(C(=O)O)cc(N)cc32)cc1. The van der Waals surface area contributed by atoms with E-state index in [1.165, 1.54) is 6.07 Å². The number of aromatic carboxylic acids is 1. The van der Waals surface area contributed by atoms with E-state index in [1.807, 2.05) is 66.7 Å². The summed E-state index contributed by atoms with van der Waals surface area (Å²) in [5, 5.41) is 10.0. The van der Waals surface area contributed by atoms with Gasteiger partial charge < -0.3 is 28.0 Å². The lowest BCUT2D eigenvalue weighted by Crippen LogP contribution is -2.29. The lowest BCUT2D eigenvalue weighted by Gasteiger charge is -2.34. The maximum atomic E-state index is 12.2. The van der Waals surface area contributed by atoms with Crippen LogP contribution in [0.5, 0.6) is 0 Å². The smallest absolute Gasteiger partial charge is 0.336 e. The fourth-order valence-corrected chi connectivity index (χ4v) is 4.91. The number of anilines is 4. The first-order valence-electron chi connectivity index (χ1n) is 10.1. The van der Waals surface area contributed by atoms with Crippen LogP contribution in [0.3, 0.4) is 0 Å². The highest BCUT2D eigenvalue weighted by Crippen LogP contribution is 2.58. The Morgan fingerprint density at radius 3 is 1.66 bits per heavy atom. The highest BCUT2D eigenvalue weighted by molar-refractivity contribution is 6.03. The summed E-state index contributed by atoms with van der Waals surface area (Å²) in [6.45, 7) is 0. The number of carboxylic acid groups (broad SMARTS) is 1. The standard InChI is InChI=1S/C26H22N4O2/c27-16-5-1-14(2-6-16)26(15-3-7-17(28)8-4-15)22-12-18(29)9-10-20(22)24-21(25(31)32)11-19(30)13-23(24)26/h1-13H,27-30H2,(H,31,32). The van der Waals surface area contributed by atoms with Crippen molar-refractivity contribution in [1.82, 2.24) is 0 Å². The van der Waals surface area contributed by atoms with Crippen LogP contribution in [-0.4, -0.2) is 11.1 Å². The molecule has 9 N–H and O–H groups in total. The normalized spacial score (nSPS) is 13.4. The van der Waals surface area contributed by atoms with E-state index in [-0.39, 0.29) is 5.56 Å². The van der Waals surface area contributed by atoms with E-state index in [0.29, 0.717) is 28.3 Å². The summed E-state index contributed by atoms with van der Waals surface area (Å²) in [4.78, 5) is 12.2. The summed E-state index contributed by atoms with van der Waals surface area (Å²) in [7, 11) is 0. The van der Waals surface area contributed by atoms with Crippen LogP contribution < -0.4 is 22.9 Å². The first kappa shape index (κ1) is 19.5. The molecule has 1 aliphatic carbocycles. The minimum atomic E-state index is -1.04. The predicted octanol–water partition coefficient (Wildman–Crippen LogP) is 4.08. The Kier molecular flexibility index (Phi) is 4.14. The molecule has 0 atom stereocenters. The molecule has 0 bridgehead atoms. The third kappa shape index (κ3) is 2.63. The fraction of sp³-hybridized carbons (Fsp3) is 0.0385. The Hall–Kier alpha value is -4.45. The molecular formula is C26H22N4O2. The number of benzene rings is 4. The molecule has 5 rings (SSSR count). The monoisotopic (exact) mass is 422 g/mol. The van der Waals surface area contributed by atoms with Gasteiger partial charge >= 0.3 is 5.97 Å². The van der Waals surface area contributed by atoms with Crippen molar-refractivity contribution in [3.63, 3.8) is 0 Å². The summed E-state index contributed by atoms with van der Waals surface area (Å²) < 4.78 is 0.